The molecular weight excluding hydrogens is 371 g/mol. The summed E-state index contributed by atoms with van der Waals surface area (Å²) in [5.41, 5.74) is 1.03. The average Bonchev–Trinajstić information content (AvgIpc) is 2.63. The molecule has 0 spiro atoms. The normalized spacial score (nSPS) is 11.6. The number of rotatable bonds is 7. The molecule has 0 aliphatic carbocycles. The zero-order valence-corrected chi connectivity index (χ0v) is 16.2. The first-order valence-corrected chi connectivity index (χ1v) is 8.77. The summed E-state index contributed by atoms with van der Waals surface area (Å²) in [6.07, 6.45) is 0.0362. The number of hydrogen-bond acceptors (Lipinski definition) is 3. The maximum absolute atomic E-state index is 14.0. The van der Waals surface area contributed by atoms with Gasteiger partial charge in [-0.15, -0.1) is 0 Å². The van der Waals surface area contributed by atoms with Gasteiger partial charge in [0.05, 0.1) is 19.6 Å². The van der Waals surface area contributed by atoms with E-state index in [0.717, 1.165) is 5.56 Å². The minimum atomic E-state index is -0.501. The van der Waals surface area contributed by atoms with E-state index in [1.54, 1.807) is 44.5 Å². The second-order valence-electron chi connectivity index (χ2n) is 6.18. The van der Waals surface area contributed by atoms with Crippen molar-refractivity contribution in [2.75, 3.05) is 14.2 Å². The molecule has 0 fully saturated rings. The standard InChI is InChI=1S/C20H22ClFN2O3/c1-13(25)23-19(14-7-9-15(27-3)10-8-14)11-20(26)24(2)12-16-17(21)5-4-6-18(16)22/h4-10,19H,11-12H2,1-3H3,(H,23,25). The molecule has 1 N–H and O–H groups in total. The molecule has 0 bridgehead atoms. The third-order valence-corrected chi connectivity index (χ3v) is 4.51. The lowest BCUT2D eigenvalue weighted by atomic mass is 10.0. The van der Waals surface area contributed by atoms with Crippen LogP contribution in [0, 0.1) is 5.82 Å². The number of halogens is 2. The third kappa shape index (κ3) is 5.69. The predicted octanol–water partition coefficient (Wildman–Crippen LogP) is 3.71. The Morgan fingerprint density at radius 2 is 1.89 bits per heavy atom. The molecule has 5 nitrogen and oxygen atoms in total. The minimum absolute atomic E-state index is 0.0362. The highest BCUT2D eigenvalue weighted by atomic mass is 35.5. The molecule has 0 aliphatic rings. The molecule has 0 radical (unpaired) electrons. The Morgan fingerprint density at radius 3 is 2.44 bits per heavy atom. The molecule has 0 heterocycles. The van der Waals surface area contributed by atoms with E-state index >= 15 is 0 Å². The number of nitrogens with one attached hydrogen (secondary N) is 1. The monoisotopic (exact) mass is 392 g/mol. The molecular formula is C20H22ClFN2O3. The molecule has 0 saturated heterocycles. The summed E-state index contributed by atoms with van der Waals surface area (Å²) >= 11 is 6.03. The number of carbonyl (C=O) groups excluding carboxylic acids is 2. The molecule has 2 rings (SSSR count). The van der Waals surface area contributed by atoms with Gasteiger partial charge in [0.15, 0.2) is 0 Å². The van der Waals surface area contributed by atoms with Crippen LogP contribution in [0.3, 0.4) is 0 Å². The first kappa shape index (κ1) is 20.7. The number of amides is 2. The summed E-state index contributed by atoms with van der Waals surface area (Å²) in [4.78, 5) is 25.6. The molecule has 1 atom stereocenters. The van der Waals surface area contributed by atoms with Crippen LogP contribution >= 0.6 is 11.6 Å². The van der Waals surface area contributed by atoms with Gasteiger partial charge < -0.3 is 15.0 Å². The lowest BCUT2D eigenvalue weighted by Gasteiger charge is -2.23. The Morgan fingerprint density at radius 1 is 1.22 bits per heavy atom. The van der Waals surface area contributed by atoms with Crippen molar-refractivity contribution in [1.82, 2.24) is 10.2 Å². The van der Waals surface area contributed by atoms with Gasteiger partial charge in [0.25, 0.3) is 0 Å². The molecule has 144 valence electrons. The topological polar surface area (TPSA) is 58.6 Å². The smallest absolute Gasteiger partial charge is 0.225 e. The summed E-state index contributed by atoms with van der Waals surface area (Å²) in [6, 6.07) is 11.0. The number of carbonyl (C=O) groups is 2. The lowest BCUT2D eigenvalue weighted by Crippen LogP contribution is -2.33. The fourth-order valence-electron chi connectivity index (χ4n) is 2.67. The zero-order chi connectivity index (χ0) is 20.0. The van der Waals surface area contributed by atoms with Crippen molar-refractivity contribution in [2.45, 2.75) is 25.9 Å². The largest absolute Gasteiger partial charge is 0.497 e. The van der Waals surface area contributed by atoms with Crippen LogP contribution in [0.2, 0.25) is 5.02 Å². The molecule has 1 unspecified atom stereocenters. The van der Waals surface area contributed by atoms with Crippen molar-refractivity contribution < 1.29 is 18.7 Å². The average molecular weight is 393 g/mol. The first-order valence-electron chi connectivity index (χ1n) is 8.39. The van der Waals surface area contributed by atoms with Gasteiger partial charge in [0.1, 0.15) is 11.6 Å². The fraction of sp³-hybridized carbons (Fsp3) is 0.300. The Bertz CT molecular complexity index is 791. The number of hydrogen-bond donors (Lipinski definition) is 1. The van der Waals surface area contributed by atoms with Crippen LogP contribution in [0.1, 0.15) is 30.5 Å². The van der Waals surface area contributed by atoms with E-state index in [0.29, 0.717) is 5.75 Å². The Hall–Kier alpha value is -2.60. The number of ether oxygens (including phenoxy) is 1. The molecule has 7 heteroatoms. The Kier molecular flexibility index (Phi) is 7.19. The third-order valence-electron chi connectivity index (χ3n) is 4.16. The van der Waals surface area contributed by atoms with Crippen LogP contribution in [0.15, 0.2) is 42.5 Å². The summed E-state index contributed by atoms with van der Waals surface area (Å²) < 4.78 is 19.1. The SMILES string of the molecule is COc1ccc(C(CC(=O)N(C)Cc2c(F)cccc2Cl)NC(C)=O)cc1. The van der Waals surface area contributed by atoms with E-state index in [9.17, 15) is 14.0 Å². The van der Waals surface area contributed by atoms with Gasteiger partial charge in [-0.1, -0.05) is 29.8 Å². The van der Waals surface area contributed by atoms with Gasteiger partial charge >= 0.3 is 0 Å². The highest BCUT2D eigenvalue weighted by molar-refractivity contribution is 6.31. The highest BCUT2D eigenvalue weighted by Crippen LogP contribution is 2.23. The van der Waals surface area contributed by atoms with Gasteiger partial charge in [0.2, 0.25) is 11.8 Å². The highest BCUT2D eigenvalue weighted by Gasteiger charge is 2.21. The van der Waals surface area contributed by atoms with E-state index in [4.69, 9.17) is 16.3 Å². The second kappa shape index (κ2) is 9.37. The molecule has 2 amide bonds. The van der Waals surface area contributed by atoms with Gasteiger partial charge in [-0.3, -0.25) is 9.59 Å². The van der Waals surface area contributed by atoms with Crippen molar-refractivity contribution in [3.63, 3.8) is 0 Å². The van der Waals surface area contributed by atoms with Crippen molar-refractivity contribution in [2.24, 2.45) is 0 Å². The molecule has 0 aromatic heterocycles. The van der Waals surface area contributed by atoms with Crippen molar-refractivity contribution in [1.29, 1.82) is 0 Å². The Balaban J connectivity index is 2.13. The van der Waals surface area contributed by atoms with Crippen molar-refractivity contribution in [3.8, 4) is 5.75 Å². The molecule has 2 aromatic rings. The zero-order valence-electron chi connectivity index (χ0n) is 15.5. The van der Waals surface area contributed by atoms with Gasteiger partial charge in [-0.25, -0.2) is 4.39 Å². The summed E-state index contributed by atoms with van der Waals surface area (Å²) in [5, 5.41) is 3.05. The minimum Gasteiger partial charge on any atom is -0.497 e. The molecule has 0 aliphatic heterocycles. The van der Waals surface area contributed by atoms with Gasteiger partial charge in [-0.05, 0) is 29.8 Å². The maximum atomic E-state index is 14.0. The van der Waals surface area contributed by atoms with E-state index in [1.807, 2.05) is 0 Å². The first-order chi connectivity index (χ1) is 12.8. The van der Waals surface area contributed by atoms with Gasteiger partial charge in [0, 0.05) is 31.1 Å². The lowest BCUT2D eigenvalue weighted by molar-refractivity contribution is -0.131. The predicted molar refractivity (Wildman–Crippen MR) is 102 cm³/mol. The van der Waals surface area contributed by atoms with Crippen LogP contribution < -0.4 is 10.1 Å². The number of methoxy groups -OCH3 is 1. The van der Waals surface area contributed by atoms with Crippen LogP contribution in [-0.2, 0) is 16.1 Å². The van der Waals surface area contributed by atoms with E-state index in [2.05, 4.69) is 5.32 Å². The van der Waals surface area contributed by atoms with Gasteiger partial charge in [-0.2, -0.15) is 0 Å². The summed E-state index contributed by atoms with van der Waals surface area (Å²) in [6.45, 7) is 1.43. The summed E-state index contributed by atoms with van der Waals surface area (Å²) in [5.74, 6) is -0.277. The van der Waals surface area contributed by atoms with Crippen molar-refractivity contribution in [3.05, 3.63) is 64.4 Å². The summed E-state index contributed by atoms with van der Waals surface area (Å²) in [7, 11) is 3.14. The molecule has 27 heavy (non-hydrogen) atoms. The molecule has 0 saturated carbocycles. The number of benzene rings is 2. The fourth-order valence-corrected chi connectivity index (χ4v) is 2.90. The Labute approximate surface area is 163 Å². The van der Waals surface area contributed by atoms with Crippen LogP contribution in [-0.4, -0.2) is 30.9 Å². The van der Waals surface area contributed by atoms with E-state index in [-0.39, 0.29) is 35.4 Å². The van der Waals surface area contributed by atoms with Crippen molar-refractivity contribution >= 4 is 23.4 Å². The van der Waals surface area contributed by atoms with Crippen LogP contribution in [0.5, 0.6) is 5.75 Å². The van der Waals surface area contributed by atoms with E-state index < -0.39 is 11.9 Å². The second-order valence-corrected chi connectivity index (χ2v) is 6.59. The van der Waals surface area contributed by atoms with Crippen LogP contribution in [0.4, 0.5) is 4.39 Å². The quantitative estimate of drug-likeness (QED) is 0.781. The van der Waals surface area contributed by atoms with Crippen LogP contribution in [0.25, 0.3) is 0 Å². The number of nitrogens with zero attached hydrogens (tertiary/aromatic N) is 1. The van der Waals surface area contributed by atoms with E-state index in [1.165, 1.54) is 24.0 Å². The maximum Gasteiger partial charge on any atom is 0.225 e. The molecule has 2 aromatic carbocycles.